The van der Waals surface area contributed by atoms with Crippen LogP contribution in [-0.2, 0) is 4.74 Å². The van der Waals surface area contributed by atoms with Crippen molar-refractivity contribution in [3.05, 3.63) is 54.0 Å². The molecule has 0 radical (unpaired) electrons. The first-order chi connectivity index (χ1) is 13.6. The number of aromatic nitrogens is 2. The number of imidazole rings is 1. The van der Waals surface area contributed by atoms with Crippen LogP contribution in [0.15, 0.2) is 48.2 Å². The third-order valence-corrected chi connectivity index (χ3v) is 4.67. The maximum absolute atomic E-state index is 10.8. The number of aliphatic hydroxyl groups is 1. The number of fused-ring (bicyclic) bond motifs is 1. The second-order valence-corrected chi connectivity index (χ2v) is 6.24. The van der Waals surface area contributed by atoms with Crippen molar-refractivity contribution in [3.8, 4) is 11.5 Å². The molecular weight excluding hydrogens is 360 g/mol. The Hall–Kier alpha value is -3.52. The van der Waals surface area contributed by atoms with Crippen LogP contribution >= 0.6 is 0 Å². The van der Waals surface area contributed by atoms with Gasteiger partial charge in [0.25, 0.3) is 0 Å². The lowest BCUT2D eigenvalue weighted by atomic mass is 10.2. The third kappa shape index (κ3) is 2.74. The molecule has 0 fully saturated rings. The van der Waals surface area contributed by atoms with Crippen LogP contribution in [0.4, 0.5) is 5.69 Å². The van der Waals surface area contributed by atoms with Crippen LogP contribution in [0.2, 0.25) is 0 Å². The zero-order chi connectivity index (χ0) is 19.8. The van der Waals surface area contributed by atoms with Gasteiger partial charge in [0.15, 0.2) is 12.0 Å². The van der Waals surface area contributed by atoms with Gasteiger partial charge in [0.05, 0.1) is 30.9 Å². The number of methoxy groups -OCH3 is 3. The van der Waals surface area contributed by atoms with E-state index in [0.717, 1.165) is 11.0 Å². The van der Waals surface area contributed by atoms with Crippen LogP contribution in [0, 0.1) is 5.41 Å². The summed E-state index contributed by atoms with van der Waals surface area (Å²) in [5.41, 5.74) is 2.44. The van der Waals surface area contributed by atoms with E-state index in [1.807, 2.05) is 24.3 Å². The number of ether oxygens (including phenoxy) is 3. The average Bonchev–Trinajstić information content (AvgIpc) is 3.24. The molecular formula is C20H20N4O4. The van der Waals surface area contributed by atoms with Crippen LogP contribution in [0.1, 0.15) is 5.82 Å². The van der Waals surface area contributed by atoms with Crippen molar-refractivity contribution in [3.63, 3.8) is 0 Å². The lowest BCUT2D eigenvalue weighted by molar-refractivity contribution is 0.105. The summed E-state index contributed by atoms with van der Waals surface area (Å²) in [4.78, 5) is 9.23. The minimum Gasteiger partial charge on any atom is -0.507 e. The summed E-state index contributed by atoms with van der Waals surface area (Å²) >= 11 is 0. The fraction of sp³-hybridized carbons (Fsp3) is 0.200. The van der Waals surface area contributed by atoms with E-state index in [1.54, 1.807) is 37.3 Å². The second-order valence-electron chi connectivity index (χ2n) is 6.24. The molecule has 1 unspecified atom stereocenters. The Morgan fingerprint density at radius 1 is 1.07 bits per heavy atom. The molecule has 8 heteroatoms. The van der Waals surface area contributed by atoms with E-state index in [4.69, 9.17) is 19.6 Å². The maximum Gasteiger partial charge on any atom is 0.194 e. The first-order valence-electron chi connectivity index (χ1n) is 8.59. The Balaban J connectivity index is 1.81. The molecule has 0 spiro atoms. The Morgan fingerprint density at radius 2 is 1.75 bits per heavy atom. The van der Waals surface area contributed by atoms with Crippen molar-refractivity contribution < 1.29 is 19.3 Å². The number of H-pyrrole nitrogens is 1. The standard InChI is InChI=1S/C20H20N4O4/c1-26-12-8-11(9-13(10-12)27-2)24-18(21)16(17(25)20(24)28-3)19-22-14-6-4-5-7-15(14)23-19/h4-10,20-21,25H,1-3H3,(H,22,23). The third-order valence-electron chi connectivity index (χ3n) is 4.67. The van der Waals surface area contributed by atoms with Crippen molar-refractivity contribution in [2.75, 3.05) is 26.2 Å². The Bertz CT molecular complexity index is 1030. The number of rotatable bonds is 5. The van der Waals surface area contributed by atoms with Crippen LogP contribution < -0.4 is 14.4 Å². The van der Waals surface area contributed by atoms with Gasteiger partial charge in [-0.15, -0.1) is 0 Å². The van der Waals surface area contributed by atoms with Gasteiger partial charge in [0, 0.05) is 25.3 Å². The molecule has 0 aliphatic carbocycles. The maximum atomic E-state index is 10.8. The number of amidine groups is 1. The minimum atomic E-state index is -0.868. The number of aliphatic hydroxyl groups excluding tert-OH is 1. The predicted molar refractivity (Wildman–Crippen MR) is 106 cm³/mol. The van der Waals surface area contributed by atoms with E-state index in [-0.39, 0.29) is 17.2 Å². The highest BCUT2D eigenvalue weighted by Crippen LogP contribution is 2.38. The van der Waals surface area contributed by atoms with E-state index in [0.29, 0.717) is 23.0 Å². The summed E-state index contributed by atoms with van der Waals surface area (Å²) in [6.45, 7) is 0. The highest BCUT2D eigenvalue weighted by atomic mass is 16.5. The summed E-state index contributed by atoms with van der Waals surface area (Å²) in [7, 11) is 4.58. The van der Waals surface area contributed by atoms with E-state index in [9.17, 15) is 5.11 Å². The van der Waals surface area contributed by atoms with Crippen molar-refractivity contribution in [1.29, 1.82) is 5.41 Å². The molecule has 1 aromatic heterocycles. The SMILES string of the molecule is COc1cc(OC)cc(N2C(=N)C(c3nc4ccccc4[nH]3)=C(O)C2OC)c1. The van der Waals surface area contributed by atoms with Crippen LogP contribution in [0.3, 0.4) is 0 Å². The number of nitrogens with one attached hydrogen (secondary N) is 2. The van der Waals surface area contributed by atoms with Gasteiger partial charge in [-0.05, 0) is 12.1 Å². The van der Waals surface area contributed by atoms with Gasteiger partial charge >= 0.3 is 0 Å². The van der Waals surface area contributed by atoms with E-state index in [2.05, 4.69) is 9.97 Å². The zero-order valence-corrected chi connectivity index (χ0v) is 15.7. The molecule has 0 saturated carbocycles. The molecule has 0 bridgehead atoms. The number of hydrogen-bond acceptors (Lipinski definition) is 6. The number of nitrogens with zero attached hydrogens (tertiary/aromatic N) is 2. The van der Waals surface area contributed by atoms with E-state index in [1.165, 1.54) is 7.11 Å². The van der Waals surface area contributed by atoms with E-state index < -0.39 is 6.23 Å². The van der Waals surface area contributed by atoms with Crippen LogP contribution in [0.25, 0.3) is 16.6 Å². The monoisotopic (exact) mass is 380 g/mol. The van der Waals surface area contributed by atoms with Gasteiger partial charge in [-0.1, -0.05) is 12.1 Å². The molecule has 8 nitrogen and oxygen atoms in total. The highest BCUT2D eigenvalue weighted by Gasteiger charge is 2.40. The number of hydrogen-bond donors (Lipinski definition) is 3. The van der Waals surface area contributed by atoms with Gasteiger partial charge in [-0.3, -0.25) is 10.3 Å². The molecule has 2 aromatic carbocycles. The molecule has 4 rings (SSSR count). The molecule has 0 amide bonds. The lowest BCUT2D eigenvalue weighted by Gasteiger charge is -2.26. The Kier molecular flexibility index (Phi) is 4.40. The summed E-state index contributed by atoms with van der Waals surface area (Å²) in [5.74, 6) is 1.50. The van der Waals surface area contributed by atoms with Gasteiger partial charge in [0.2, 0.25) is 0 Å². The molecule has 3 aromatic rings. The second kappa shape index (κ2) is 6.90. The highest BCUT2D eigenvalue weighted by molar-refractivity contribution is 6.30. The smallest absolute Gasteiger partial charge is 0.194 e. The number of anilines is 1. The first-order valence-corrected chi connectivity index (χ1v) is 8.59. The zero-order valence-electron chi connectivity index (χ0n) is 15.7. The van der Waals surface area contributed by atoms with Crippen molar-refractivity contribution in [1.82, 2.24) is 9.97 Å². The van der Waals surface area contributed by atoms with Crippen molar-refractivity contribution >= 4 is 28.1 Å². The topological polar surface area (TPSA) is 104 Å². The molecule has 28 heavy (non-hydrogen) atoms. The number of aromatic amines is 1. The number of para-hydroxylation sites is 2. The predicted octanol–water partition coefficient (Wildman–Crippen LogP) is 3.32. The van der Waals surface area contributed by atoms with Gasteiger partial charge in [0.1, 0.15) is 28.7 Å². The summed E-state index contributed by atoms with van der Waals surface area (Å²) in [5, 5.41) is 19.5. The van der Waals surface area contributed by atoms with Gasteiger partial charge < -0.3 is 24.3 Å². The first kappa shape index (κ1) is 17.9. The largest absolute Gasteiger partial charge is 0.507 e. The fourth-order valence-corrected chi connectivity index (χ4v) is 3.32. The van der Waals surface area contributed by atoms with Crippen molar-refractivity contribution in [2.24, 2.45) is 0 Å². The normalized spacial score (nSPS) is 16.9. The molecule has 1 aliphatic heterocycles. The van der Waals surface area contributed by atoms with Crippen molar-refractivity contribution in [2.45, 2.75) is 6.23 Å². The Labute approximate surface area is 161 Å². The fourth-order valence-electron chi connectivity index (χ4n) is 3.32. The molecule has 144 valence electrons. The van der Waals surface area contributed by atoms with Crippen LogP contribution in [-0.4, -0.2) is 48.5 Å². The molecule has 1 aliphatic rings. The minimum absolute atomic E-state index is 0.0544. The summed E-state index contributed by atoms with van der Waals surface area (Å²) in [6.07, 6.45) is -0.868. The lowest BCUT2D eigenvalue weighted by Crippen LogP contribution is -2.36. The van der Waals surface area contributed by atoms with Gasteiger partial charge in [-0.2, -0.15) is 0 Å². The summed E-state index contributed by atoms with van der Waals surface area (Å²) < 4.78 is 16.1. The number of benzene rings is 2. The van der Waals surface area contributed by atoms with Gasteiger partial charge in [-0.25, -0.2) is 4.98 Å². The average molecular weight is 380 g/mol. The molecule has 3 N–H and O–H groups in total. The van der Waals surface area contributed by atoms with Crippen LogP contribution in [0.5, 0.6) is 11.5 Å². The Morgan fingerprint density at radius 3 is 2.36 bits per heavy atom. The molecule has 2 heterocycles. The quantitative estimate of drug-likeness (QED) is 0.627. The molecule has 0 saturated heterocycles. The summed E-state index contributed by atoms with van der Waals surface area (Å²) in [6, 6.07) is 12.8. The van der Waals surface area contributed by atoms with E-state index >= 15 is 0 Å². The molecule has 1 atom stereocenters.